The molecule has 0 aliphatic carbocycles. The predicted octanol–water partition coefficient (Wildman–Crippen LogP) is 2.44. The van der Waals surface area contributed by atoms with Crippen LogP contribution in [-0.4, -0.2) is 24.5 Å². The van der Waals surface area contributed by atoms with Crippen LogP contribution in [0.4, 0.5) is 0 Å². The Balaban J connectivity index is 1.96. The summed E-state index contributed by atoms with van der Waals surface area (Å²) in [6.07, 6.45) is 3.72. The maximum Gasteiger partial charge on any atom is 0.0438 e. The van der Waals surface area contributed by atoms with E-state index in [0.29, 0.717) is 6.54 Å². The first-order valence-corrected chi connectivity index (χ1v) is 6.37. The lowest BCUT2D eigenvalue weighted by Crippen LogP contribution is -2.22. The molecule has 1 aromatic carbocycles. The molecule has 3 heteroatoms. The monoisotopic (exact) mass is 238 g/mol. The zero-order valence-electron chi connectivity index (χ0n) is 9.58. The van der Waals surface area contributed by atoms with Gasteiger partial charge in [0.15, 0.2) is 0 Å². The third-order valence-electron chi connectivity index (χ3n) is 3.24. The minimum absolute atomic E-state index is 0.591. The molecular formula is C13H19ClN2. The maximum absolute atomic E-state index is 6.18. The van der Waals surface area contributed by atoms with Crippen LogP contribution in [-0.2, 0) is 13.0 Å². The Morgan fingerprint density at radius 3 is 2.69 bits per heavy atom. The molecule has 2 N–H and O–H groups in total. The SMILES string of the molecule is NCc1ccc(Cl)c(CCN2CCCC2)c1. The zero-order valence-corrected chi connectivity index (χ0v) is 10.3. The van der Waals surface area contributed by atoms with Gasteiger partial charge < -0.3 is 10.6 Å². The normalized spacial score (nSPS) is 16.9. The van der Waals surface area contributed by atoms with Gasteiger partial charge in [0.2, 0.25) is 0 Å². The van der Waals surface area contributed by atoms with Gasteiger partial charge in [-0.2, -0.15) is 0 Å². The highest BCUT2D eigenvalue weighted by Gasteiger charge is 2.11. The van der Waals surface area contributed by atoms with Crippen LogP contribution in [0.3, 0.4) is 0 Å². The Morgan fingerprint density at radius 2 is 2.00 bits per heavy atom. The van der Waals surface area contributed by atoms with Crippen LogP contribution in [0.25, 0.3) is 0 Å². The molecule has 0 amide bonds. The summed E-state index contributed by atoms with van der Waals surface area (Å²) in [4.78, 5) is 2.51. The van der Waals surface area contributed by atoms with Crippen molar-refractivity contribution in [3.8, 4) is 0 Å². The highest BCUT2D eigenvalue weighted by atomic mass is 35.5. The van der Waals surface area contributed by atoms with Gasteiger partial charge in [-0.15, -0.1) is 0 Å². The predicted molar refractivity (Wildman–Crippen MR) is 68.7 cm³/mol. The second kappa shape index (κ2) is 5.67. The first-order valence-electron chi connectivity index (χ1n) is 5.99. The van der Waals surface area contributed by atoms with Crippen LogP contribution in [0.5, 0.6) is 0 Å². The molecule has 2 rings (SSSR count). The number of halogens is 1. The molecule has 1 saturated heterocycles. The standard InChI is InChI=1S/C13H19ClN2/c14-13-4-3-11(10-15)9-12(13)5-8-16-6-1-2-7-16/h3-4,9H,1-2,5-8,10,15H2. The highest BCUT2D eigenvalue weighted by Crippen LogP contribution is 2.19. The summed E-state index contributed by atoms with van der Waals surface area (Å²) in [5.41, 5.74) is 8.03. The van der Waals surface area contributed by atoms with E-state index in [1.54, 1.807) is 0 Å². The molecule has 1 aliphatic rings. The van der Waals surface area contributed by atoms with E-state index in [-0.39, 0.29) is 0 Å². The van der Waals surface area contributed by atoms with Crippen LogP contribution < -0.4 is 5.73 Å². The number of nitrogens with two attached hydrogens (primary N) is 1. The molecule has 16 heavy (non-hydrogen) atoms. The lowest BCUT2D eigenvalue weighted by atomic mass is 10.1. The molecule has 0 radical (unpaired) electrons. The Labute approximate surface area is 102 Å². The molecule has 88 valence electrons. The van der Waals surface area contributed by atoms with Gasteiger partial charge in [-0.3, -0.25) is 0 Å². The van der Waals surface area contributed by atoms with Gasteiger partial charge in [-0.25, -0.2) is 0 Å². The summed E-state index contributed by atoms with van der Waals surface area (Å²) < 4.78 is 0. The number of hydrogen-bond donors (Lipinski definition) is 1. The van der Waals surface area contributed by atoms with Crippen molar-refractivity contribution in [1.82, 2.24) is 4.90 Å². The summed E-state index contributed by atoms with van der Waals surface area (Å²) >= 11 is 6.18. The lowest BCUT2D eigenvalue weighted by Gasteiger charge is -2.15. The first-order chi connectivity index (χ1) is 7.79. The van der Waals surface area contributed by atoms with Crippen molar-refractivity contribution in [3.63, 3.8) is 0 Å². The fraction of sp³-hybridized carbons (Fsp3) is 0.538. The van der Waals surface area contributed by atoms with Gasteiger partial charge in [-0.1, -0.05) is 23.7 Å². The molecule has 0 aromatic heterocycles. The molecule has 0 saturated carbocycles. The Hall–Kier alpha value is -0.570. The summed E-state index contributed by atoms with van der Waals surface area (Å²) in [7, 11) is 0. The van der Waals surface area contributed by atoms with Gasteiger partial charge in [-0.05, 0) is 49.5 Å². The van der Waals surface area contributed by atoms with Crippen LogP contribution in [0.1, 0.15) is 24.0 Å². The van der Waals surface area contributed by atoms with Crippen molar-refractivity contribution in [2.45, 2.75) is 25.8 Å². The van der Waals surface area contributed by atoms with Crippen LogP contribution in [0.2, 0.25) is 5.02 Å². The topological polar surface area (TPSA) is 29.3 Å². The van der Waals surface area contributed by atoms with Crippen molar-refractivity contribution in [1.29, 1.82) is 0 Å². The van der Waals surface area contributed by atoms with E-state index in [2.05, 4.69) is 11.0 Å². The van der Waals surface area contributed by atoms with E-state index in [0.717, 1.165) is 18.0 Å². The van der Waals surface area contributed by atoms with Crippen molar-refractivity contribution >= 4 is 11.6 Å². The molecule has 0 bridgehead atoms. The number of likely N-dealkylation sites (tertiary alicyclic amines) is 1. The van der Waals surface area contributed by atoms with Crippen molar-refractivity contribution < 1.29 is 0 Å². The van der Waals surface area contributed by atoms with Crippen LogP contribution in [0.15, 0.2) is 18.2 Å². The van der Waals surface area contributed by atoms with E-state index in [4.69, 9.17) is 17.3 Å². The average Bonchev–Trinajstić information content (AvgIpc) is 2.81. The Bertz CT molecular complexity index is 346. The Morgan fingerprint density at radius 1 is 1.25 bits per heavy atom. The van der Waals surface area contributed by atoms with Crippen LogP contribution >= 0.6 is 11.6 Å². The zero-order chi connectivity index (χ0) is 11.4. The van der Waals surface area contributed by atoms with Crippen molar-refractivity contribution in [2.24, 2.45) is 5.73 Å². The average molecular weight is 239 g/mol. The molecule has 1 aromatic rings. The van der Waals surface area contributed by atoms with Crippen molar-refractivity contribution in [2.75, 3.05) is 19.6 Å². The fourth-order valence-corrected chi connectivity index (χ4v) is 2.44. The number of rotatable bonds is 4. The summed E-state index contributed by atoms with van der Waals surface area (Å²) in [6, 6.07) is 6.10. The number of nitrogens with zero attached hydrogens (tertiary/aromatic N) is 1. The smallest absolute Gasteiger partial charge is 0.0438 e. The molecule has 1 fully saturated rings. The van der Waals surface area contributed by atoms with E-state index in [1.165, 1.54) is 37.1 Å². The molecule has 2 nitrogen and oxygen atoms in total. The molecule has 0 unspecified atom stereocenters. The molecule has 1 aliphatic heterocycles. The minimum Gasteiger partial charge on any atom is -0.326 e. The molecule has 0 spiro atoms. The van der Waals surface area contributed by atoms with E-state index in [9.17, 15) is 0 Å². The third-order valence-corrected chi connectivity index (χ3v) is 3.61. The van der Waals surface area contributed by atoms with E-state index >= 15 is 0 Å². The van der Waals surface area contributed by atoms with Gasteiger partial charge in [0.25, 0.3) is 0 Å². The molecular weight excluding hydrogens is 220 g/mol. The van der Waals surface area contributed by atoms with Gasteiger partial charge in [0.1, 0.15) is 0 Å². The minimum atomic E-state index is 0.591. The number of hydrogen-bond acceptors (Lipinski definition) is 2. The van der Waals surface area contributed by atoms with Crippen LogP contribution in [0, 0.1) is 0 Å². The van der Waals surface area contributed by atoms with Gasteiger partial charge >= 0.3 is 0 Å². The maximum atomic E-state index is 6.18. The van der Waals surface area contributed by atoms with E-state index in [1.807, 2.05) is 12.1 Å². The number of benzene rings is 1. The second-order valence-corrected chi connectivity index (χ2v) is 4.84. The summed E-state index contributed by atoms with van der Waals surface area (Å²) in [6.45, 7) is 4.20. The molecule has 1 heterocycles. The summed E-state index contributed by atoms with van der Waals surface area (Å²) in [5.74, 6) is 0. The van der Waals surface area contributed by atoms with E-state index < -0.39 is 0 Å². The largest absolute Gasteiger partial charge is 0.326 e. The Kier molecular flexibility index (Phi) is 4.22. The molecule has 0 atom stereocenters. The quantitative estimate of drug-likeness (QED) is 0.873. The lowest BCUT2D eigenvalue weighted by molar-refractivity contribution is 0.343. The highest BCUT2D eigenvalue weighted by molar-refractivity contribution is 6.31. The van der Waals surface area contributed by atoms with Gasteiger partial charge in [0, 0.05) is 18.1 Å². The van der Waals surface area contributed by atoms with Crippen molar-refractivity contribution in [3.05, 3.63) is 34.3 Å². The third kappa shape index (κ3) is 2.97. The first kappa shape index (κ1) is 11.9. The van der Waals surface area contributed by atoms with Gasteiger partial charge in [0.05, 0.1) is 0 Å². The second-order valence-electron chi connectivity index (χ2n) is 4.43. The summed E-state index contributed by atoms with van der Waals surface area (Å²) in [5, 5.41) is 0.872. The fourth-order valence-electron chi connectivity index (χ4n) is 2.23.